The number of hydrogen-bond donors (Lipinski definition) is 2. The number of aryl methyl sites for hydroxylation is 2. The Morgan fingerprint density at radius 2 is 1.80 bits per heavy atom. The number of carbonyl (C=O) groups is 1. The van der Waals surface area contributed by atoms with Crippen molar-refractivity contribution in [3.05, 3.63) is 57.6 Å². The fourth-order valence-corrected chi connectivity index (χ4v) is 3.02. The van der Waals surface area contributed by atoms with Gasteiger partial charge in [0.15, 0.2) is 0 Å². The minimum Gasteiger partial charge on any atom is -0.369 e. The van der Waals surface area contributed by atoms with Gasteiger partial charge in [-0.3, -0.25) is 4.79 Å². The molecule has 102 valence electrons. The highest BCUT2D eigenvalue weighted by molar-refractivity contribution is 9.10. The summed E-state index contributed by atoms with van der Waals surface area (Å²) in [5.41, 5.74) is 5.14. The zero-order valence-electron chi connectivity index (χ0n) is 11.3. The van der Waals surface area contributed by atoms with Gasteiger partial charge in [-0.1, -0.05) is 23.8 Å². The lowest BCUT2D eigenvalue weighted by atomic mass is 10.0. The first kappa shape index (κ1) is 13.2. The Labute approximate surface area is 126 Å². The monoisotopic (exact) mass is 330 g/mol. The summed E-state index contributed by atoms with van der Waals surface area (Å²) in [5, 5.41) is 6.22. The van der Waals surface area contributed by atoms with E-state index in [0.717, 1.165) is 27.0 Å². The molecule has 0 saturated carbocycles. The van der Waals surface area contributed by atoms with Crippen molar-refractivity contribution in [1.82, 2.24) is 0 Å². The van der Waals surface area contributed by atoms with Gasteiger partial charge in [-0.25, -0.2) is 0 Å². The zero-order chi connectivity index (χ0) is 14.3. The van der Waals surface area contributed by atoms with Crippen molar-refractivity contribution in [3.63, 3.8) is 0 Å². The van der Waals surface area contributed by atoms with Crippen LogP contribution in [0.3, 0.4) is 0 Å². The third-order valence-corrected chi connectivity index (χ3v) is 4.12. The second-order valence-electron chi connectivity index (χ2n) is 5.14. The Balaban J connectivity index is 1.95. The van der Waals surface area contributed by atoms with E-state index in [0.29, 0.717) is 0 Å². The molecule has 1 unspecified atom stereocenters. The van der Waals surface area contributed by atoms with Crippen LogP contribution in [0.5, 0.6) is 0 Å². The molecule has 3 nitrogen and oxygen atoms in total. The largest absolute Gasteiger partial charge is 0.369 e. The third kappa shape index (κ3) is 2.31. The molecule has 0 aliphatic carbocycles. The summed E-state index contributed by atoms with van der Waals surface area (Å²) < 4.78 is 0.964. The quantitative estimate of drug-likeness (QED) is 0.867. The molecule has 1 aliphatic rings. The average Bonchev–Trinajstić information content (AvgIpc) is 2.69. The molecule has 2 aromatic rings. The summed E-state index contributed by atoms with van der Waals surface area (Å²) >= 11 is 3.53. The summed E-state index contributed by atoms with van der Waals surface area (Å²) in [6, 6.07) is 11.7. The van der Waals surface area contributed by atoms with Crippen LogP contribution in [-0.2, 0) is 4.79 Å². The number of fused-ring (bicyclic) bond motifs is 1. The van der Waals surface area contributed by atoms with Gasteiger partial charge in [-0.05, 0) is 53.5 Å². The first-order chi connectivity index (χ1) is 9.54. The van der Waals surface area contributed by atoms with Crippen LogP contribution < -0.4 is 10.6 Å². The first-order valence-electron chi connectivity index (χ1n) is 6.49. The Morgan fingerprint density at radius 1 is 1.10 bits per heavy atom. The average molecular weight is 331 g/mol. The smallest absolute Gasteiger partial charge is 0.251 e. The van der Waals surface area contributed by atoms with Gasteiger partial charge in [0.25, 0.3) is 5.91 Å². The first-order valence-corrected chi connectivity index (χ1v) is 7.28. The Bertz CT molecular complexity index is 697. The fourth-order valence-electron chi connectivity index (χ4n) is 2.42. The maximum absolute atomic E-state index is 12.1. The molecule has 0 aromatic heterocycles. The van der Waals surface area contributed by atoms with Crippen LogP contribution in [0.25, 0.3) is 0 Å². The van der Waals surface area contributed by atoms with Crippen molar-refractivity contribution in [2.24, 2.45) is 0 Å². The van der Waals surface area contributed by atoms with Crippen LogP contribution in [0.2, 0.25) is 0 Å². The van der Waals surface area contributed by atoms with E-state index < -0.39 is 0 Å². The van der Waals surface area contributed by atoms with Crippen LogP contribution in [0.15, 0.2) is 40.9 Å². The van der Waals surface area contributed by atoms with Crippen molar-refractivity contribution >= 4 is 33.2 Å². The maximum atomic E-state index is 12.1. The van der Waals surface area contributed by atoms with Crippen molar-refractivity contribution in [2.45, 2.75) is 19.9 Å². The number of nitrogens with one attached hydrogen (secondary N) is 2. The van der Waals surface area contributed by atoms with E-state index in [1.54, 1.807) is 0 Å². The van der Waals surface area contributed by atoms with Gasteiger partial charge >= 0.3 is 0 Å². The van der Waals surface area contributed by atoms with Crippen LogP contribution in [0.4, 0.5) is 11.4 Å². The number of benzene rings is 2. The molecule has 0 bridgehead atoms. The number of amides is 1. The second-order valence-corrected chi connectivity index (χ2v) is 5.99. The van der Waals surface area contributed by atoms with E-state index in [-0.39, 0.29) is 11.9 Å². The molecule has 1 heterocycles. The highest BCUT2D eigenvalue weighted by atomic mass is 79.9. The predicted octanol–water partition coefficient (Wildman–Crippen LogP) is 4.17. The van der Waals surface area contributed by atoms with Crippen LogP contribution in [0.1, 0.15) is 22.7 Å². The molecule has 0 radical (unpaired) electrons. The molecular formula is C16H15BrN2O. The summed E-state index contributed by atoms with van der Waals surface area (Å²) in [6.45, 7) is 4.07. The van der Waals surface area contributed by atoms with Gasteiger partial charge in [0.05, 0.1) is 0 Å². The van der Waals surface area contributed by atoms with Crippen molar-refractivity contribution in [1.29, 1.82) is 0 Å². The van der Waals surface area contributed by atoms with Crippen LogP contribution in [0, 0.1) is 13.8 Å². The molecule has 2 N–H and O–H groups in total. The third-order valence-electron chi connectivity index (χ3n) is 3.46. The minimum atomic E-state index is -0.344. The zero-order valence-corrected chi connectivity index (χ0v) is 12.9. The topological polar surface area (TPSA) is 41.1 Å². The van der Waals surface area contributed by atoms with Gasteiger partial charge in [0.1, 0.15) is 6.04 Å². The lowest BCUT2D eigenvalue weighted by Gasteiger charge is -2.15. The summed E-state index contributed by atoms with van der Waals surface area (Å²) in [6.07, 6.45) is 0. The van der Waals surface area contributed by atoms with Gasteiger partial charge in [-0.15, -0.1) is 0 Å². The molecule has 2 aromatic carbocycles. The minimum absolute atomic E-state index is 0.0157. The summed E-state index contributed by atoms with van der Waals surface area (Å²) in [7, 11) is 0. The standard InChI is InChI=1S/C16H15BrN2O/c1-9-3-5-13-11(7-9)15(16(20)19-13)18-14-6-4-10(2)8-12(14)17/h3-8,15,18H,1-2H3,(H,19,20). The second kappa shape index (κ2) is 4.94. The highest BCUT2D eigenvalue weighted by Gasteiger charge is 2.30. The van der Waals surface area contributed by atoms with Crippen molar-refractivity contribution < 1.29 is 4.79 Å². The summed E-state index contributed by atoms with van der Waals surface area (Å²) in [5.74, 6) is -0.0157. The molecule has 20 heavy (non-hydrogen) atoms. The molecule has 0 spiro atoms. The molecule has 0 fully saturated rings. The van der Waals surface area contributed by atoms with Gasteiger partial charge < -0.3 is 10.6 Å². The molecule has 1 amide bonds. The van der Waals surface area contributed by atoms with E-state index in [1.165, 1.54) is 5.56 Å². The number of hydrogen-bond acceptors (Lipinski definition) is 2. The Morgan fingerprint density at radius 3 is 2.55 bits per heavy atom. The van der Waals surface area contributed by atoms with Gasteiger partial charge in [-0.2, -0.15) is 0 Å². The number of anilines is 2. The van der Waals surface area contributed by atoms with E-state index in [4.69, 9.17) is 0 Å². The van der Waals surface area contributed by atoms with Crippen molar-refractivity contribution in [3.8, 4) is 0 Å². The van der Waals surface area contributed by atoms with E-state index >= 15 is 0 Å². The highest BCUT2D eigenvalue weighted by Crippen LogP contribution is 2.35. The van der Waals surface area contributed by atoms with Crippen LogP contribution in [-0.4, -0.2) is 5.91 Å². The predicted molar refractivity (Wildman–Crippen MR) is 85.1 cm³/mol. The van der Waals surface area contributed by atoms with Crippen LogP contribution >= 0.6 is 15.9 Å². The number of carbonyl (C=O) groups excluding carboxylic acids is 1. The van der Waals surface area contributed by atoms with Gasteiger partial charge in [0.2, 0.25) is 0 Å². The lowest BCUT2D eigenvalue weighted by molar-refractivity contribution is -0.116. The number of halogens is 1. The Hall–Kier alpha value is -1.81. The molecule has 1 aliphatic heterocycles. The normalized spacial score (nSPS) is 16.8. The number of rotatable bonds is 2. The van der Waals surface area contributed by atoms with Crippen molar-refractivity contribution in [2.75, 3.05) is 10.6 Å². The molecular weight excluding hydrogens is 316 g/mol. The van der Waals surface area contributed by atoms with E-state index in [2.05, 4.69) is 26.6 Å². The molecule has 3 rings (SSSR count). The van der Waals surface area contributed by atoms with E-state index in [9.17, 15) is 4.79 Å². The molecule has 4 heteroatoms. The van der Waals surface area contributed by atoms with E-state index in [1.807, 2.05) is 50.2 Å². The fraction of sp³-hybridized carbons (Fsp3) is 0.188. The molecule has 0 saturated heterocycles. The Kier molecular flexibility index (Phi) is 3.26. The summed E-state index contributed by atoms with van der Waals surface area (Å²) in [4.78, 5) is 12.1. The van der Waals surface area contributed by atoms with Gasteiger partial charge in [0, 0.05) is 21.4 Å². The lowest BCUT2D eigenvalue weighted by Crippen LogP contribution is -2.19. The molecule has 1 atom stereocenters. The maximum Gasteiger partial charge on any atom is 0.251 e. The SMILES string of the molecule is Cc1ccc(NC2C(=O)Nc3ccc(C)cc32)c(Br)c1.